The average molecular weight is 511 g/mol. The van der Waals surface area contributed by atoms with E-state index in [0.717, 1.165) is 50.5 Å². The molecule has 4 heterocycles. The molecule has 5 rings (SSSR count). The molecule has 3 aromatic rings. The summed E-state index contributed by atoms with van der Waals surface area (Å²) in [6.07, 6.45) is 2.83. The van der Waals surface area contributed by atoms with Crippen LogP contribution in [0.4, 0.5) is 16.6 Å². The van der Waals surface area contributed by atoms with Gasteiger partial charge in [-0.15, -0.1) is 4.99 Å². The van der Waals surface area contributed by atoms with Crippen LogP contribution in [0.15, 0.2) is 29.5 Å². The molecular weight excluding hydrogens is 480 g/mol. The highest BCUT2D eigenvalue weighted by atomic mass is 16.5. The molecule has 0 atom stereocenters. The van der Waals surface area contributed by atoms with Crippen LogP contribution in [0.2, 0.25) is 0 Å². The SMILES string of the molecule is CNc1ncc(OC(=O)N=c2nc3c(OC)c(OCCCN4CCOCC4)ccc3c3n2CCN3)cn1. The summed E-state index contributed by atoms with van der Waals surface area (Å²) in [5.41, 5.74) is 0.745. The van der Waals surface area contributed by atoms with E-state index >= 15 is 0 Å². The van der Waals surface area contributed by atoms with Crippen molar-refractivity contribution in [1.82, 2.24) is 24.4 Å². The molecule has 1 aromatic carbocycles. The molecule has 1 fully saturated rings. The number of nitrogens with one attached hydrogen (secondary N) is 2. The number of fused-ring (bicyclic) bond motifs is 3. The second-order valence-electron chi connectivity index (χ2n) is 8.46. The number of rotatable bonds is 8. The van der Waals surface area contributed by atoms with E-state index in [-0.39, 0.29) is 11.4 Å². The number of methoxy groups -OCH3 is 1. The molecule has 1 saturated heterocycles. The number of ether oxygens (including phenoxy) is 4. The number of aromatic nitrogens is 4. The van der Waals surface area contributed by atoms with Gasteiger partial charge in [0.2, 0.25) is 11.6 Å². The lowest BCUT2D eigenvalue weighted by Gasteiger charge is -2.26. The lowest BCUT2D eigenvalue weighted by atomic mass is 10.2. The maximum Gasteiger partial charge on any atom is 0.442 e. The Labute approximate surface area is 213 Å². The number of morpholine rings is 1. The molecule has 37 heavy (non-hydrogen) atoms. The first-order valence-corrected chi connectivity index (χ1v) is 12.2. The van der Waals surface area contributed by atoms with E-state index in [1.807, 2.05) is 16.7 Å². The Morgan fingerprint density at radius 1 is 1.22 bits per heavy atom. The number of carbonyl (C=O) groups excluding carboxylic acids is 1. The zero-order valence-electron chi connectivity index (χ0n) is 20.9. The van der Waals surface area contributed by atoms with Gasteiger partial charge < -0.3 is 29.6 Å². The van der Waals surface area contributed by atoms with Gasteiger partial charge in [-0.05, 0) is 18.6 Å². The van der Waals surface area contributed by atoms with Crippen molar-refractivity contribution in [3.63, 3.8) is 0 Å². The standard InChI is InChI=1S/C24H30N8O5/c1-25-22-27-14-16(15-28-22)37-24(33)30-23-29-19-17(21-26-6-8-32(21)23)4-5-18(20(19)34-2)36-11-3-7-31-9-12-35-13-10-31/h4-5,14-15,26H,3,6-13H2,1-2H3,(H,25,27,28). The smallest absolute Gasteiger partial charge is 0.442 e. The maximum absolute atomic E-state index is 12.6. The predicted octanol–water partition coefficient (Wildman–Crippen LogP) is 1.50. The molecule has 1 amide bonds. The average Bonchev–Trinajstić information content (AvgIpc) is 3.43. The molecule has 0 spiro atoms. The third-order valence-electron chi connectivity index (χ3n) is 6.13. The molecule has 2 aromatic heterocycles. The van der Waals surface area contributed by atoms with E-state index in [1.165, 1.54) is 12.4 Å². The number of carbonyl (C=O) groups is 1. The summed E-state index contributed by atoms with van der Waals surface area (Å²) in [5, 5.41) is 7.00. The van der Waals surface area contributed by atoms with Crippen LogP contribution in [0.25, 0.3) is 10.9 Å². The number of hydrogen-bond acceptors (Lipinski definition) is 11. The Hall–Kier alpha value is -3.97. The molecule has 196 valence electrons. The fourth-order valence-corrected chi connectivity index (χ4v) is 4.34. The molecule has 0 aliphatic carbocycles. The number of amides is 1. The number of anilines is 2. The van der Waals surface area contributed by atoms with Gasteiger partial charge in [-0.3, -0.25) is 9.47 Å². The van der Waals surface area contributed by atoms with Crippen LogP contribution in [0.5, 0.6) is 17.2 Å². The van der Waals surface area contributed by atoms with E-state index < -0.39 is 6.09 Å². The molecule has 2 aliphatic heterocycles. The van der Waals surface area contributed by atoms with Gasteiger partial charge in [0.1, 0.15) is 11.3 Å². The Bertz CT molecular complexity index is 1320. The van der Waals surface area contributed by atoms with Gasteiger partial charge in [0.15, 0.2) is 17.2 Å². The minimum absolute atomic E-state index is 0.179. The summed E-state index contributed by atoms with van der Waals surface area (Å²) in [7, 11) is 3.27. The van der Waals surface area contributed by atoms with Crippen molar-refractivity contribution in [1.29, 1.82) is 0 Å². The minimum atomic E-state index is -0.830. The fraction of sp³-hybridized carbons (Fsp3) is 0.458. The first kappa shape index (κ1) is 24.7. The summed E-state index contributed by atoms with van der Waals surface area (Å²) < 4.78 is 24.3. The molecular formula is C24H30N8O5. The Morgan fingerprint density at radius 2 is 2.03 bits per heavy atom. The summed E-state index contributed by atoms with van der Waals surface area (Å²) >= 11 is 0. The zero-order valence-corrected chi connectivity index (χ0v) is 20.9. The molecule has 13 heteroatoms. The van der Waals surface area contributed by atoms with Crippen LogP contribution >= 0.6 is 0 Å². The van der Waals surface area contributed by atoms with Crippen molar-refractivity contribution in [3.8, 4) is 17.2 Å². The monoisotopic (exact) mass is 510 g/mol. The second-order valence-corrected chi connectivity index (χ2v) is 8.46. The van der Waals surface area contributed by atoms with Crippen LogP contribution in [0.3, 0.4) is 0 Å². The molecule has 0 saturated carbocycles. The van der Waals surface area contributed by atoms with Crippen molar-refractivity contribution < 1.29 is 23.7 Å². The molecule has 0 bridgehead atoms. The highest BCUT2D eigenvalue weighted by molar-refractivity contribution is 5.95. The normalized spacial score (nSPS) is 15.8. The second kappa shape index (κ2) is 11.4. The molecule has 2 aliphatic rings. The van der Waals surface area contributed by atoms with Gasteiger partial charge >= 0.3 is 6.09 Å². The quantitative estimate of drug-likeness (QED) is 0.427. The summed E-state index contributed by atoms with van der Waals surface area (Å²) in [6, 6.07) is 3.83. The summed E-state index contributed by atoms with van der Waals surface area (Å²) in [6.45, 7) is 6.21. The van der Waals surface area contributed by atoms with E-state index in [2.05, 4.69) is 35.5 Å². The molecule has 2 N–H and O–H groups in total. The number of hydrogen-bond donors (Lipinski definition) is 2. The van der Waals surface area contributed by atoms with Crippen LogP contribution < -0.4 is 30.5 Å². The largest absolute Gasteiger partial charge is 0.491 e. The molecule has 0 unspecified atom stereocenters. The van der Waals surface area contributed by atoms with Crippen molar-refractivity contribution in [2.24, 2.45) is 4.99 Å². The van der Waals surface area contributed by atoms with Crippen molar-refractivity contribution in [2.75, 3.05) is 70.8 Å². The lowest BCUT2D eigenvalue weighted by Crippen LogP contribution is -2.37. The Morgan fingerprint density at radius 3 is 2.78 bits per heavy atom. The minimum Gasteiger partial charge on any atom is -0.491 e. The molecule has 13 nitrogen and oxygen atoms in total. The third kappa shape index (κ3) is 5.57. The predicted molar refractivity (Wildman–Crippen MR) is 135 cm³/mol. The van der Waals surface area contributed by atoms with Crippen LogP contribution in [0.1, 0.15) is 6.42 Å². The lowest BCUT2D eigenvalue weighted by molar-refractivity contribution is 0.0357. The van der Waals surface area contributed by atoms with Crippen molar-refractivity contribution >= 4 is 28.8 Å². The van der Waals surface area contributed by atoms with Gasteiger partial charge in [0.05, 0.1) is 39.3 Å². The highest BCUT2D eigenvalue weighted by Gasteiger charge is 2.21. The zero-order chi connectivity index (χ0) is 25.6. The van der Waals surface area contributed by atoms with Gasteiger partial charge in [-0.25, -0.2) is 19.7 Å². The van der Waals surface area contributed by atoms with E-state index in [4.69, 9.17) is 18.9 Å². The van der Waals surface area contributed by atoms with Crippen LogP contribution in [0, 0.1) is 0 Å². The fourth-order valence-electron chi connectivity index (χ4n) is 4.34. The topological polar surface area (TPSA) is 137 Å². The highest BCUT2D eigenvalue weighted by Crippen LogP contribution is 2.37. The van der Waals surface area contributed by atoms with Gasteiger partial charge in [-0.2, -0.15) is 0 Å². The number of benzene rings is 1. The van der Waals surface area contributed by atoms with E-state index in [9.17, 15) is 4.79 Å². The summed E-state index contributed by atoms with van der Waals surface area (Å²) in [5.74, 6) is 2.47. The number of nitrogens with zero attached hydrogens (tertiary/aromatic N) is 6. The van der Waals surface area contributed by atoms with Crippen molar-refractivity contribution in [2.45, 2.75) is 13.0 Å². The Kier molecular flexibility index (Phi) is 7.61. The van der Waals surface area contributed by atoms with E-state index in [1.54, 1.807) is 14.2 Å². The summed E-state index contributed by atoms with van der Waals surface area (Å²) in [4.78, 5) is 31.8. The first-order valence-electron chi connectivity index (χ1n) is 12.2. The third-order valence-corrected chi connectivity index (χ3v) is 6.13. The van der Waals surface area contributed by atoms with Crippen molar-refractivity contribution in [3.05, 3.63) is 30.1 Å². The van der Waals surface area contributed by atoms with Crippen LogP contribution in [-0.2, 0) is 11.3 Å². The first-order chi connectivity index (χ1) is 18.2. The van der Waals surface area contributed by atoms with Gasteiger partial charge in [-0.1, -0.05) is 0 Å². The van der Waals surface area contributed by atoms with E-state index in [0.29, 0.717) is 42.7 Å². The maximum atomic E-state index is 12.6. The van der Waals surface area contributed by atoms with Gasteiger partial charge in [0.25, 0.3) is 0 Å². The van der Waals surface area contributed by atoms with Crippen LogP contribution in [-0.4, -0.2) is 90.7 Å². The van der Waals surface area contributed by atoms with Gasteiger partial charge in [0, 0.05) is 45.2 Å². The Balaban J connectivity index is 1.39. The molecule has 0 radical (unpaired) electrons.